The third-order valence-corrected chi connectivity index (χ3v) is 2.83. The number of nitrogens with one attached hydrogen (secondary N) is 1. The van der Waals surface area contributed by atoms with Crippen LogP contribution in [0.5, 0.6) is 0 Å². The highest BCUT2D eigenvalue weighted by Gasteiger charge is 2.43. The molecule has 18 heavy (non-hydrogen) atoms. The highest BCUT2D eigenvalue weighted by atomic mass is 19.4. The van der Waals surface area contributed by atoms with Crippen LogP contribution in [0.3, 0.4) is 0 Å². The number of carbonyl (C=O) groups is 1. The Morgan fingerprint density at radius 3 is 2.50 bits per heavy atom. The zero-order valence-corrected chi connectivity index (χ0v) is 9.46. The molecule has 0 spiro atoms. The van der Waals surface area contributed by atoms with Gasteiger partial charge in [0.2, 0.25) is 5.91 Å². The summed E-state index contributed by atoms with van der Waals surface area (Å²) >= 11 is 0. The molecule has 102 valence electrons. The lowest BCUT2D eigenvalue weighted by atomic mass is 9.81. The van der Waals surface area contributed by atoms with Gasteiger partial charge in [-0.3, -0.25) is 4.79 Å². The van der Waals surface area contributed by atoms with Gasteiger partial charge in [-0.1, -0.05) is 0 Å². The number of hydrogen-bond acceptors (Lipinski definition) is 4. The fourth-order valence-electron chi connectivity index (χ4n) is 1.58. The van der Waals surface area contributed by atoms with Crippen molar-refractivity contribution < 1.29 is 27.8 Å². The fourth-order valence-corrected chi connectivity index (χ4v) is 1.58. The third-order valence-electron chi connectivity index (χ3n) is 2.83. The highest BCUT2D eigenvalue weighted by Crippen LogP contribution is 2.30. The van der Waals surface area contributed by atoms with E-state index in [-0.39, 0.29) is 26.1 Å². The lowest BCUT2D eigenvalue weighted by Gasteiger charge is -2.29. The minimum Gasteiger partial charge on any atom is -0.382 e. The van der Waals surface area contributed by atoms with Crippen LogP contribution in [-0.4, -0.2) is 43.1 Å². The van der Waals surface area contributed by atoms with Gasteiger partial charge in [-0.15, -0.1) is 0 Å². The van der Waals surface area contributed by atoms with Crippen LogP contribution in [0.1, 0.15) is 12.8 Å². The van der Waals surface area contributed by atoms with Crippen molar-refractivity contribution in [1.29, 1.82) is 5.26 Å². The molecular formula is C10H13F3N2O3. The van der Waals surface area contributed by atoms with Crippen molar-refractivity contribution in [1.82, 2.24) is 5.32 Å². The molecule has 1 aliphatic rings. The van der Waals surface area contributed by atoms with Crippen LogP contribution < -0.4 is 5.32 Å². The second-order valence-electron chi connectivity index (χ2n) is 4.07. The molecule has 5 nitrogen and oxygen atoms in total. The number of rotatable bonds is 3. The highest BCUT2D eigenvalue weighted by molar-refractivity contribution is 5.85. The van der Waals surface area contributed by atoms with Gasteiger partial charge in [0.05, 0.1) is 12.6 Å². The lowest BCUT2D eigenvalue weighted by Crippen LogP contribution is -2.48. The van der Waals surface area contributed by atoms with Crippen molar-refractivity contribution >= 4 is 5.91 Å². The van der Waals surface area contributed by atoms with Crippen molar-refractivity contribution in [2.24, 2.45) is 5.41 Å². The standard InChI is InChI=1S/C10H13F3N2O3/c11-10(12,13)7(16)5-15-8(17)9(6-14)1-3-18-4-2-9/h7,16H,1-5H2,(H,15,17). The Kier molecular flexibility index (Phi) is 4.53. The Hall–Kier alpha value is -1.33. The number of nitriles is 1. The number of hydrogen-bond donors (Lipinski definition) is 2. The Morgan fingerprint density at radius 2 is 2.06 bits per heavy atom. The van der Waals surface area contributed by atoms with E-state index < -0.39 is 30.1 Å². The first kappa shape index (κ1) is 14.7. The minimum atomic E-state index is -4.79. The number of aliphatic hydroxyl groups excluding tert-OH is 1. The Morgan fingerprint density at radius 1 is 1.50 bits per heavy atom. The van der Waals surface area contributed by atoms with Gasteiger partial charge in [0.25, 0.3) is 0 Å². The number of ether oxygens (including phenoxy) is 1. The van der Waals surface area contributed by atoms with Crippen molar-refractivity contribution in [3.8, 4) is 6.07 Å². The molecule has 0 radical (unpaired) electrons. The molecule has 0 aliphatic carbocycles. The first-order valence-electron chi connectivity index (χ1n) is 5.34. The van der Waals surface area contributed by atoms with E-state index in [0.29, 0.717) is 0 Å². The van der Waals surface area contributed by atoms with Gasteiger partial charge in [0.1, 0.15) is 5.41 Å². The molecule has 1 aliphatic heterocycles. The summed E-state index contributed by atoms with van der Waals surface area (Å²) in [5.41, 5.74) is -1.36. The molecule has 1 atom stereocenters. The van der Waals surface area contributed by atoms with Crippen molar-refractivity contribution in [3.63, 3.8) is 0 Å². The predicted molar refractivity (Wildman–Crippen MR) is 53.2 cm³/mol. The zero-order chi connectivity index (χ0) is 13.8. The quantitative estimate of drug-likeness (QED) is 0.772. The normalized spacial score (nSPS) is 20.8. The number of carbonyl (C=O) groups excluding carboxylic acids is 1. The maximum Gasteiger partial charge on any atom is 0.416 e. The smallest absolute Gasteiger partial charge is 0.382 e. The van der Waals surface area contributed by atoms with Crippen molar-refractivity contribution in [3.05, 3.63) is 0 Å². The van der Waals surface area contributed by atoms with Crippen LogP contribution in [0.15, 0.2) is 0 Å². The van der Waals surface area contributed by atoms with Crippen LogP contribution in [0.2, 0.25) is 0 Å². The summed E-state index contributed by atoms with van der Waals surface area (Å²) in [6.07, 6.45) is -7.14. The largest absolute Gasteiger partial charge is 0.416 e. The van der Waals surface area contributed by atoms with E-state index in [1.54, 1.807) is 0 Å². The molecule has 1 rings (SSSR count). The second kappa shape index (κ2) is 5.54. The molecule has 2 N–H and O–H groups in total. The van der Waals surface area contributed by atoms with Gasteiger partial charge in [-0.25, -0.2) is 0 Å². The van der Waals surface area contributed by atoms with Gasteiger partial charge in [-0.05, 0) is 12.8 Å². The molecule has 8 heteroatoms. The molecule has 0 saturated carbocycles. The van der Waals surface area contributed by atoms with Crippen LogP contribution in [0.25, 0.3) is 0 Å². The summed E-state index contributed by atoms with van der Waals surface area (Å²) in [4.78, 5) is 11.7. The minimum absolute atomic E-state index is 0.136. The summed E-state index contributed by atoms with van der Waals surface area (Å²) in [7, 11) is 0. The van der Waals surface area contributed by atoms with Gasteiger partial charge in [-0.2, -0.15) is 18.4 Å². The molecule has 1 unspecified atom stereocenters. The van der Waals surface area contributed by atoms with Crippen molar-refractivity contribution in [2.75, 3.05) is 19.8 Å². The molecule has 1 fully saturated rings. The van der Waals surface area contributed by atoms with Gasteiger partial charge in [0.15, 0.2) is 6.10 Å². The van der Waals surface area contributed by atoms with Crippen molar-refractivity contribution in [2.45, 2.75) is 25.1 Å². The number of amides is 1. The van der Waals surface area contributed by atoms with E-state index in [2.05, 4.69) is 0 Å². The van der Waals surface area contributed by atoms with E-state index in [0.717, 1.165) is 0 Å². The molecule has 0 aromatic rings. The average Bonchev–Trinajstić information content (AvgIpc) is 2.35. The molecule has 1 heterocycles. The Balaban J connectivity index is 2.57. The number of nitrogens with zero attached hydrogens (tertiary/aromatic N) is 1. The summed E-state index contributed by atoms with van der Waals surface area (Å²) < 4.78 is 41.1. The Labute approximate surface area is 102 Å². The maximum atomic E-state index is 12.0. The number of alkyl halides is 3. The van der Waals surface area contributed by atoms with E-state index in [4.69, 9.17) is 15.1 Å². The average molecular weight is 266 g/mol. The van der Waals surface area contributed by atoms with Crippen LogP contribution in [0, 0.1) is 16.7 Å². The fraction of sp³-hybridized carbons (Fsp3) is 0.800. The van der Waals surface area contributed by atoms with E-state index in [9.17, 15) is 18.0 Å². The molecule has 0 bridgehead atoms. The van der Waals surface area contributed by atoms with Crippen LogP contribution in [0.4, 0.5) is 13.2 Å². The first-order valence-corrected chi connectivity index (χ1v) is 5.34. The molecule has 1 saturated heterocycles. The summed E-state index contributed by atoms with van der Waals surface area (Å²) in [5, 5.41) is 19.7. The van der Waals surface area contributed by atoms with Gasteiger partial charge >= 0.3 is 6.18 Å². The monoisotopic (exact) mass is 266 g/mol. The first-order chi connectivity index (χ1) is 8.32. The molecular weight excluding hydrogens is 253 g/mol. The topological polar surface area (TPSA) is 82.4 Å². The lowest BCUT2D eigenvalue weighted by molar-refractivity contribution is -0.202. The maximum absolute atomic E-state index is 12.0. The number of aliphatic hydroxyl groups is 1. The molecule has 1 amide bonds. The van der Waals surface area contributed by atoms with E-state index in [1.165, 1.54) is 0 Å². The summed E-state index contributed by atoms with van der Waals surface area (Å²) in [6.45, 7) is -0.530. The summed E-state index contributed by atoms with van der Waals surface area (Å²) in [6, 6.07) is 1.82. The van der Waals surface area contributed by atoms with E-state index in [1.807, 2.05) is 11.4 Å². The Bertz CT molecular complexity index is 345. The predicted octanol–water partition coefficient (Wildman–Crippen LogP) is 0.346. The summed E-state index contributed by atoms with van der Waals surface area (Å²) in [5.74, 6) is -0.795. The van der Waals surface area contributed by atoms with Crippen LogP contribution in [-0.2, 0) is 9.53 Å². The molecule has 0 aromatic carbocycles. The zero-order valence-electron chi connectivity index (χ0n) is 9.46. The van der Waals surface area contributed by atoms with Crippen LogP contribution >= 0.6 is 0 Å². The molecule has 0 aromatic heterocycles. The second-order valence-corrected chi connectivity index (χ2v) is 4.07. The SMILES string of the molecule is N#CC1(C(=O)NCC(O)C(F)(F)F)CCOCC1. The van der Waals surface area contributed by atoms with E-state index >= 15 is 0 Å². The van der Waals surface area contributed by atoms with Gasteiger partial charge < -0.3 is 15.2 Å². The van der Waals surface area contributed by atoms with Gasteiger partial charge in [0, 0.05) is 13.2 Å². The number of halogens is 3. The third kappa shape index (κ3) is 3.34.